The number of benzene rings is 2. The van der Waals surface area contributed by atoms with Gasteiger partial charge >= 0.3 is 0 Å². The van der Waals surface area contributed by atoms with E-state index in [4.69, 9.17) is 20.8 Å². The highest BCUT2D eigenvalue weighted by molar-refractivity contribution is 7.92. The smallest absolute Gasteiger partial charge is 0.192 e. The molecule has 2 aromatic carbocycles. The van der Waals surface area contributed by atoms with Crippen LogP contribution in [-0.2, 0) is 19.0 Å². The van der Waals surface area contributed by atoms with Crippen LogP contribution in [0.1, 0.15) is 52.0 Å². The van der Waals surface area contributed by atoms with Gasteiger partial charge in [-0.15, -0.1) is 0 Å². The molecule has 0 radical (unpaired) electrons. The Morgan fingerprint density at radius 3 is 2.29 bits per heavy atom. The molecule has 0 bridgehead atoms. The van der Waals surface area contributed by atoms with Gasteiger partial charge in [-0.1, -0.05) is 32.4 Å². The van der Waals surface area contributed by atoms with Gasteiger partial charge in [0.2, 0.25) is 0 Å². The van der Waals surface area contributed by atoms with Crippen LogP contribution in [0.25, 0.3) is 0 Å². The van der Waals surface area contributed by atoms with Crippen LogP contribution in [0.5, 0.6) is 5.75 Å². The fraction of sp³-hybridized carbons (Fsp3) is 0.538. The Labute approximate surface area is 213 Å². The molecule has 3 atom stereocenters. The van der Waals surface area contributed by atoms with Crippen molar-refractivity contribution in [3.63, 3.8) is 0 Å². The van der Waals surface area contributed by atoms with Crippen molar-refractivity contribution in [1.29, 1.82) is 0 Å². The molecular formula is C26H33ClF2O4SSi. The minimum absolute atomic E-state index is 0.00694. The van der Waals surface area contributed by atoms with E-state index in [1.165, 1.54) is 24.3 Å². The normalized spacial score (nSPS) is 25.3. The second-order valence-electron chi connectivity index (χ2n) is 11.2. The summed E-state index contributed by atoms with van der Waals surface area (Å²) in [5.41, 5.74) is -0.198. The summed E-state index contributed by atoms with van der Waals surface area (Å²) in [7, 11) is -6.29. The molecule has 192 valence electrons. The van der Waals surface area contributed by atoms with Crippen molar-refractivity contribution in [2.24, 2.45) is 5.92 Å². The van der Waals surface area contributed by atoms with E-state index in [2.05, 4.69) is 33.9 Å². The van der Waals surface area contributed by atoms with Crippen molar-refractivity contribution >= 4 is 29.8 Å². The predicted molar refractivity (Wildman–Crippen MR) is 136 cm³/mol. The van der Waals surface area contributed by atoms with Crippen LogP contribution in [0.15, 0.2) is 41.3 Å². The van der Waals surface area contributed by atoms with E-state index in [1.807, 2.05) is 0 Å². The Hall–Kier alpha value is -1.48. The zero-order valence-corrected chi connectivity index (χ0v) is 23.4. The van der Waals surface area contributed by atoms with Crippen LogP contribution in [0.2, 0.25) is 23.2 Å². The molecule has 0 N–H and O–H groups in total. The molecule has 4 nitrogen and oxygen atoms in total. The number of ether oxygens (including phenoxy) is 1. The predicted octanol–water partition coefficient (Wildman–Crippen LogP) is 7.26. The van der Waals surface area contributed by atoms with Gasteiger partial charge in [0.15, 0.2) is 29.7 Å². The molecule has 1 aliphatic heterocycles. The van der Waals surface area contributed by atoms with E-state index < -0.39 is 40.5 Å². The van der Waals surface area contributed by atoms with Crippen LogP contribution in [0.4, 0.5) is 8.78 Å². The molecule has 1 heterocycles. The second-order valence-corrected chi connectivity index (χ2v) is 18.6. The summed E-state index contributed by atoms with van der Waals surface area (Å²) in [6.45, 7) is 10.8. The zero-order chi connectivity index (χ0) is 25.8. The molecule has 3 unspecified atom stereocenters. The van der Waals surface area contributed by atoms with Gasteiger partial charge in [-0.3, -0.25) is 0 Å². The maximum atomic E-state index is 15.5. The van der Waals surface area contributed by atoms with Crippen LogP contribution >= 0.6 is 11.6 Å². The molecule has 1 saturated carbocycles. The Bertz CT molecular complexity index is 1210. The van der Waals surface area contributed by atoms with Crippen molar-refractivity contribution in [3.8, 4) is 5.75 Å². The summed E-state index contributed by atoms with van der Waals surface area (Å²) >= 11 is 6.02. The molecule has 0 amide bonds. The largest absolute Gasteiger partial charge is 0.490 e. The number of hydrogen-bond acceptors (Lipinski definition) is 4. The van der Waals surface area contributed by atoms with Gasteiger partial charge in [0.05, 0.1) is 17.1 Å². The van der Waals surface area contributed by atoms with Gasteiger partial charge in [0.25, 0.3) is 0 Å². The van der Waals surface area contributed by atoms with Crippen LogP contribution < -0.4 is 4.74 Å². The van der Waals surface area contributed by atoms with E-state index in [-0.39, 0.29) is 40.4 Å². The van der Waals surface area contributed by atoms with Crippen molar-refractivity contribution in [3.05, 3.63) is 58.6 Å². The summed E-state index contributed by atoms with van der Waals surface area (Å²) in [5.74, 6) is -2.39. The summed E-state index contributed by atoms with van der Waals surface area (Å²) in [6, 6.07) is 7.85. The van der Waals surface area contributed by atoms with Gasteiger partial charge in [-0.25, -0.2) is 17.2 Å². The SMILES string of the molecule is CC(C)(C)[Si](C)(C)OC1CCC2COc3c(F)ccc(F)c3C2(S(=O)(=O)c2ccc(Cl)cc2)CC1. The Morgan fingerprint density at radius 2 is 1.66 bits per heavy atom. The number of halogens is 3. The number of hydrogen-bond donors (Lipinski definition) is 0. The van der Waals surface area contributed by atoms with Gasteiger partial charge in [-0.2, -0.15) is 0 Å². The first kappa shape index (κ1) is 26.6. The van der Waals surface area contributed by atoms with Crippen molar-refractivity contribution in [2.45, 2.75) is 80.3 Å². The molecule has 1 aliphatic carbocycles. The lowest BCUT2D eigenvalue weighted by Gasteiger charge is -2.43. The molecule has 2 aromatic rings. The fourth-order valence-corrected chi connectivity index (χ4v) is 9.10. The molecule has 0 aromatic heterocycles. The van der Waals surface area contributed by atoms with Crippen LogP contribution in [-0.4, -0.2) is 29.4 Å². The third kappa shape index (κ3) is 4.45. The molecular weight excluding hydrogens is 510 g/mol. The first-order valence-electron chi connectivity index (χ1n) is 12.0. The third-order valence-corrected chi connectivity index (χ3v) is 15.5. The van der Waals surface area contributed by atoms with Crippen LogP contribution in [0.3, 0.4) is 0 Å². The quantitative estimate of drug-likeness (QED) is 0.381. The third-order valence-electron chi connectivity index (χ3n) is 8.12. The van der Waals surface area contributed by atoms with Gasteiger partial charge < -0.3 is 9.16 Å². The van der Waals surface area contributed by atoms with Crippen LogP contribution in [0, 0.1) is 17.6 Å². The standard InChI is InChI=1S/C26H33ClF2O4SSi/c1-25(2,3)35(4,5)33-19-9-6-17-16-32-24-22(29)13-12-21(28)23(24)26(17,15-14-19)34(30,31)20-10-7-18(27)8-11-20/h7-8,10-13,17,19H,6,9,14-16H2,1-5H3. The summed E-state index contributed by atoms with van der Waals surface area (Å²) in [6.07, 6.45) is 1.45. The van der Waals surface area contributed by atoms with Gasteiger partial charge in [0.1, 0.15) is 10.6 Å². The summed E-state index contributed by atoms with van der Waals surface area (Å²) in [4.78, 5) is 0.0344. The minimum atomic E-state index is -4.16. The lowest BCUT2D eigenvalue weighted by molar-refractivity contribution is 0.149. The fourth-order valence-electron chi connectivity index (χ4n) is 5.17. The average molecular weight is 543 g/mol. The van der Waals surface area contributed by atoms with Crippen molar-refractivity contribution in [2.75, 3.05) is 6.61 Å². The van der Waals surface area contributed by atoms with Gasteiger partial charge in [-0.05, 0) is 80.2 Å². The Kier molecular flexibility index (Phi) is 6.92. The molecule has 0 saturated heterocycles. The first-order chi connectivity index (χ1) is 16.2. The van der Waals surface area contributed by atoms with E-state index in [0.29, 0.717) is 24.3 Å². The van der Waals surface area contributed by atoms with E-state index >= 15 is 4.39 Å². The second kappa shape index (κ2) is 9.12. The van der Waals surface area contributed by atoms with Crippen molar-refractivity contribution in [1.82, 2.24) is 0 Å². The molecule has 1 fully saturated rings. The number of fused-ring (bicyclic) bond motifs is 3. The lowest BCUT2D eigenvalue weighted by atomic mass is 9.79. The monoisotopic (exact) mass is 542 g/mol. The topological polar surface area (TPSA) is 52.6 Å². The molecule has 2 aliphatic rings. The summed E-state index contributed by atoms with van der Waals surface area (Å²) < 4.78 is 69.7. The highest BCUT2D eigenvalue weighted by Gasteiger charge is 2.58. The first-order valence-corrected chi connectivity index (χ1v) is 16.8. The maximum absolute atomic E-state index is 15.5. The van der Waals surface area contributed by atoms with E-state index in [9.17, 15) is 12.8 Å². The summed E-state index contributed by atoms with van der Waals surface area (Å²) in [5, 5.41) is 0.385. The number of sulfone groups is 1. The van der Waals surface area contributed by atoms with Gasteiger partial charge in [0, 0.05) is 17.0 Å². The highest BCUT2D eigenvalue weighted by atomic mass is 35.5. The lowest BCUT2D eigenvalue weighted by Crippen LogP contribution is -2.48. The minimum Gasteiger partial charge on any atom is -0.490 e. The zero-order valence-electron chi connectivity index (χ0n) is 20.8. The Balaban J connectivity index is 1.87. The Morgan fingerprint density at radius 1 is 1.03 bits per heavy atom. The van der Waals surface area contributed by atoms with E-state index in [1.54, 1.807) is 0 Å². The highest BCUT2D eigenvalue weighted by Crippen LogP contribution is 2.56. The molecule has 9 heteroatoms. The van der Waals surface area contributed by atoms with E-state index in [0.717, 1.165) is 12.1 Å². The number of rotatable bonds is 4. The maximum Gasteiger partial charge on any atom is 0.192 e. The molecule has 0 spiro atoms. The van der Waals surface area contributed by atoms with Crippen molar-refractivity contribution < 1.29 is 26.4 Å². The average Bonchev–Trinajstić information content (AvgIpc) is 2.96. The molecule has 4 rings (SSSR count). The molecule has 35 heavy (non-hydrogen) atoms.